The summed E-state index contributed by atoms with van der Waals surface area (Å²) in [5, 5.41) is 3.84. The van der Waals surface area contributed by atoms with Gasteiger partial charge in [-0.25, -0.2) is 4.79 Å². The van der Waals surface area contributed by atoms with Gasteiger partial charge in [0.25, 0.3) is 5.91 Å². The van der Waals surface area contributed by atoms with Gasteiger partial charge in [-0.1, -0.05) is 23.2 Å². The number of nitrogens with zero attached hydrogens (tertiary/aromatic N) is 2. The third-order valence-electron chi connectivity index (χ3n) is 3.57. The normalized spacial score (nSPS) is 14.8. The van der Waals surface area contributed by atoms with Crippen LogP contribution in [-0.2, 0) is 4.74 Å². The predicted molar refractivity (Wildman–Crippen MR) is 99.7 cm³/mol. The van der Waals surface area contributed by atoms with Gasteiger partial charge in [-0.15, -0.1) is 0 Å². The van der Waals surface area contributed by atoms with E-state index in [1.807, 2.05) is 20.8 Å². The number of hydrogen-bond donors (Lipinski definition) is 1. The standard InChI is InChI=1S/C17H23Cl2N3O3/c1-17(2,3)25-16(24)22-8-11(9-22)20-10-6-12(18)14(13(19)7-10)15(23)21(4)5/h6-7,11,20H,8-9H2,1-5H3. The minimum absolute atomic E-state index is 0.0788. The van der Waals surface area contributed by atoms with Gasteiger partial charge in [-0.3, -0.25) is 4.79 Å². The zero-order valence-corrected chi connectivity index (χ0v) is 16.5. The van der Waals surface area contributed by atoms with Crippen LogP contribution in [0.15, 0.2) is 12.1 Å². The number of carbonyl (C=O) groups is 2. The molecule has 1 saturated heterocycles. The summed E-state index contributed by atoms with van der Waals surface area (Å²) in [6.07, 6.45) is -0.325. The molecule has 8 heteroatoms. The number of likely N-dealkylation sites (tertiary alicyclic amines) is 1. The third kappa shape index (κ3) is 4.92. The maximum absolute atomic E-state index is 12.1. The van der Waals surface area contributed by atoms with Crippen LogP contribution in [-0.4, -0.2) is 60.6 Å². The first-order chi connectivity index (χ1) is 11.5. The molecule has 1 heterocycles. The van der Waals surface area contributed by atoms with Crippen molar-refractivity contribution in [3.05, 3.63) is 27.7 Å². The van der Waals surface area contributed by atoms with E-state index in [0.29, 0.717) is 18.8 Å². The fourth-order valence-corrected chi connectivity index (χ4v) is 3.01. The van der Waals surface area contributed by atoms with Crippen LogP contribution in [0.4, 0.5) is 10.5 Å². The first-order valence-corrected chi connectivity index (χ1v) is 8.68. The van der Waals surface area contributed by atoms with Gasteiger partial charge in [-0.2, -0.15) is 0 Å². The molecule has 1 aromatic rings. The van der Waals surface area contributed by atoms with E-state index in [9.17, 15) is 9.59 Å². The molecular weight excluding hydrogens is 365 g/mol. The number of ether oxygens (including phenoxy) is 1. The zero-order chi connectivity index (χ0) is 18.9. The van der Waals surface area contributed by atoms with Gasteiger partial charge in [0.05, 0.1) is 21.7 Å². The van der Waals surface area contributed by atoms with E-state index in [4.69, 9.17) is 27.9 Å². The van der Waals surface area contributed by atoms with Crippen LogP contribution in [0.1, 0.15) is 31.1 Å². The van der Waals surface area contributed by atoms with E-state index in [1.165, 1.54) is 4.90 Å². The Balaban J connectivity index is 1.97. The monoisotopic (exact) mass is 387 g/mol. The number of halogens is 2. The first kappa shape index (κ1) is 19.7. The van der Waals surface area contributed by atoms with Crippen molar-refractivity contribution in [2.24, 2.45) is 0 Å². The van der Waals surface area contributed by atoms with E-state index >= 15 is 0 Å². The van der Waals surface area contributed by atoms with Gasteiger partial charge >= 0.3 is 6.09 Å². The molecule has 0 spiro atoms. The fraction of sp³-hybridized carbons (Fsp3) is 0.529. The topological polar surface area (TPSA) is 61.9 Å². The summed E-state index contributed by atoms with van der Waals surface area (Å²) in [4.78, 5) is 27.1. The first-order valence-electron chi connectivity index (χ1n) is 7.93. The van der Waals surface area contributed by atoms with Gasteiger partial charge in [0.1, 0.15) is 5.60 Å². The molecule has 1 aromatic carbocycles. The molecule has 1 aliphatic rings. The molecule has 0 atom stereocenters. The molecule has 0 aromatic heterocycles. The number of benzene rings is 1. The van der Waals surface area contributed by atoms with Crippen molar-refractivity contribution in [3.8, 4) is 0 Å². The Morgan fingerprint density at radius 2 is 1.72 bits per heavy atom. The zero-order valence-electron chi connectivity index (χ0n) is 15.0. The number of amides is 2. The van der Waals surface area contributed by atoms with Crippen molar-refractivity contribution < 1.29 is 14.3 Å². The maximum atomic E-state index is 12.1. The number of rotatable bonds is 3. The van der Waals surface area contributed by atoms with Crippen molar-refractivity contribution in [1.82, 2.24) is 9.80 Å². The van der Waals surface area contributed by atoms with Crippen molar-refractivity contribution in [2.45, 2.75) is 32.4 Å². The lowest BCUT2D eigenvalue weighted by Crippen LogP contribution is -2.57. The molecule has 25 heavy (non-hydrogen) atoms. The highest BCUT2D eigenvalue weighted by atomic mass is 35.5. The summed E-state index contributed by atoms with van der Waals surface area (Å²) in [5.41, 5.74) is 0.480. The predicted octanol–water partition coefficient (Wildman–Crippen LogP) is 3.73. The molecule has 0 saturated carbocycles. The Morgan fingerprint density at radius 3 is 2.16 bits per heavy atom. The van der Waals surface area contributed by atoms with Crippen LogP contribution in [0.25, 0.3) is 0 Å². The maximum Gasteiger partial charge on any atom is 0.410 e. The van der Waals surface area contributed by atoms with E-state index in [-0.39, 0.29) is 33.7 Å². The Morgan fingerprint density at radius 1 is 1.20 bits per heavy atom. The number of carbonyl (C=O) groups excluding carboxylic acids is 2. The highest BCUT2D eigenvalue weighted by Gasteiger charge is 2.33. The van der Waals surface area contributed by atoms with Crippen LogP contribution < -0.4 is 5.32 Å². The summed E-state index contributed by atoms with van der Waals surface area (Å²) in [6.45, 7) is 6.56. The molecule has 138 valence electrons. The molecule has 0 bridgehead atoms. The van der Waals surface area contributed by atoms with E-state index in [1.54, 1.807) is 31.1 Å². The summed E-state index contributed by atoms with van der Waals surface area (Å²) >= 11 is 12.4. The molecule has 1 N–H and O–H groups in total. The van der Waals surface area contributed by atoms with Crippen LogP contribution in [0, 0.1) is 0 Å². The van der Waals surface area contributed by atoms with Gasteiger partial charge in [0.15, 0.2) is 0 Å². The molecule has 6 nitrogen and oxygen atoms in total. The number of anilines is 1. The minimum Gasteiger partial charge on any atom is -0.444 e. The molecule has 1 aliphatic heterocycles. The summed E-state index contributed by atoms with van der Waals surface area (Å²) in [5.74, 6) is -0.249. The smallest absolute Gasteiger partial charge is 0.410 e. The lowest BCUT2D eigenvalue weighted by molar-refractivity contribution is 0.0105. The van der Waals surface area contributed by atoms with E-state index in [0.717, 1.165) is 0 Å². The summed E-state index contributed by atoms with van der Waals surface area (Å²) in [7, 11) is 3.28. The molecule has 1 fully saturated rings. The summed E-state index contributed by atoms with van der Waals surface area (Å²) < 4.78 is 5.32. The molecule has 2 rings (SSSR count). The molecule has 0 unspecified atom stereocenters. The average Bonchev–Trinajstić information content (AvgIpc) is 2.39. The minimum atomic E-state index is -0.508. The van der Waals surface area contributed by atoms with Gasteiger partial charge in [0, 0.05) is 32.9 Å². The van der Waals surface area contributed by atoms with Crippen molar-refractivity contribution in [2.75, 3.05) is 32.5 Å². The Kier molecular flexibility index (Phi) is 5.74. The Bertz CT molecular complexity index is 657. The van der Waals surface area contributed by atoms with Crippen molar-refractivity contribution in [3.63, 3.8) is 0 Å². The second-order valence-electron chi connectivity index (χ2n) is 7.24. The van der Waals surface area contributed by atoms with Gasteiger partial charge < -0.3 is 19.9 Å². The largest absolute Gasteiger partial charge is 0.444 e. The Hall–Kier alpha value is -1.66. The van der Waals surface area contributed by atoms with Crippen LogP contribution in [0.3, 0.4) is 0 Å². The fourth-order valence-electron chi connectivity index (χ4n) is 2.37. The second kappa shape index (κ2) is 7.30. The van der Waals surface area contributed by atoms with Crippen LogP contribution >= 0.6 is 23.2 Å². The molecule has 0 radical (unpaired) electrons. The van der Waals surface area contributed by atoms with Crippen LogP contribution in [0.5, 0.6) is 0 Å². The van der Waals surface area contributed by atoms with Crippen molar-refractivity contribution in [1.29, 1.82) is 0 Å². The van der Waals surface area contributed by atoms with Crippen LogP contribution in [0.2, 0.25) is 10.0 Å². The van der Waals surface area contributed by atoms with Gasteiger partial charge in [-0.05, 0) is 32.9 Å². The summed E-state index contributed by atoms with van der Waals surface area (Å²) in [6, 6.07) is 3.41. The molecule has 2 amide bonds. The molecular formula is C17H23Cl2N3O3. The third-order valence-corrected chi connectivity index (χ3v) is 4.16. The van der Waals surface area contributed by atoms with E-state index in [2.05, 4.69) is 5.32 Å². The van der Waals surface area contributed by atoms with Gasteiger partial charge in [0.2, 0.25) is 0 Å². The second-order valence-corrected chi connectivity index (χ2v) is 8.06. The highest BCUT2D eigenvalue weighted by Crippen LogP contribution is 2.31. The van der Waals surface area contributed by atoms with E-state index < -0.39 is 5.60 Å². The average molecular weight is 388 g/mol. The van der Waals surface area contributed by atoms with Crippen molar-refractivity contribution >= 4 is 40.9 Å². The molecule has 0 aliphatic carbocycles. The SMILES string of the molecule is CN(C)C(=O)c1c(Cl)cc(NC2CN(C(=O)OC(C)(C)C)C2)cc1Cl. The quantitative estimate of drug-likeness (QED) is 0.857. The lowest BCUT2D eigenvalue weighted by atomic mass is 10.1. The number of nitrogens with one attached hydrogen (secondary N) is 1. The number of hydrogen-bond acceptors (Lipinski definition) is 4. The Labute approximate surface area is 158 Å². The highest BCUT2D eigenvalue weighted by molar-refractivity contribution is 6.40. The lowest BCUT2D eigenvalue weighted by Gasteiger charge is -2.40.